The SMILES string of the molecule is COc1ccc2nc(-c3sccc3C)nc(N)c2c1. The van der Waals surface area contributed by atoms with Crippen LogP contribution in [-0.4, -0.2) is 17.1 Å². The molecular weight excluding hydrogens is 258 g/mol. The molecule has 0 aliphatic heterocycles. The van der Waals surface area contributed by atoms with E-state index >= 15 is 0 Å². The van der Waals surface area contributed by atoms with E-state index in [1.165, 1.54) is 0 Å². The van der Waals surface area contributed by atoms with Crippen molar-refractivity contribution < 1.29 is 4.74 Å². The second-order valence-electron chi connectivity index (χ2n) is 4.25. The Morgan fingerprint density at radius 2 is 2.05 bits per heavy atom. The van der Waals surface area contributed by atoms with E-state index in [-0.39, 0.29) is 0 Å². The normalized spacial score (nSPS) is 10.8. The predicted octanol–water partition coefficient (Wildman–Crippen LogP) is 3.26. The molecule has 4 nitrogen and oxygen atoms in total. The topological polar surface area (TPSA) is 61.0 Å². The number of aromatic nitrogens is 2. The minimum Gasteiger partial charge on any atom is -0.497 e. The van der Waals surface area contributed by atoms with Gasteiger partial charge in [-0.1, -0.05) is 0 Å². The highest BCUT2D eigenvalue weighted by Crippen LogP contribution is 2.30. The molecule has 0 unspecified atom stereocenters. The molecule has 3 aromatic rings. The first kappa shape index (κ1) is 11.9. The number of anilines is 1. The number of hydrogen-bond acceptors (Lipinski definition) is 5. The van der Waals surface area contributed by atoms with E-state index in [0.29, 0.717) is 11.6 Å². The molecule has 0 atom stereocenters. The molecule has 19 heavy (non-hydrogen) atoms. The number of thiophene rings is 1. The standard InChI is InChI=1S/C14H13N3OS/c1-8-5-6-19-12(8)14-16-11-4-3-9(18-2)7-10(11)13(15)17-14/h3-7H,1-2H3,(H2,15,16,17). The van der Waals surface area contributed by atoms with Gasteiger partial charge in [-0.3, -0.25) is 0 Å². The maximum absolute atomic E-state index is 6.03. The number of fused-ring (bicyclic) bond motifs is 1. The van der Waals surface area contributed by atoms with E-state index in [9.17, 15) is 0 Å². The van der Waals surface area contributed by atoms with Gasteiger partial charge in [-0.05, 0) is 42.1 Å². The van der Waals surface area contributed by atoms with E-state index in [1.54, 1.807) is 18.4 Å². The summed E-state index contributed by atoms with van der Waals surface area (Å²) >= 11 is 1.62. The van der Waals surface area contributed by atoms with Crippen molar-refractivity contribution in [2.24, 2.45) is 0 Å². The van der Waals surface area contributed by atoms with Crippen molar-refractivity contribution in [2.75, 3.05) is 12.8 Å². The Hall–Kier alpha value is -2.14. The van der Waals surface area contributed by atoms with Gasteiger partial charge in [0.25, 0.3) is 0 Å². The number of hydrogen-bond donors (Lipinski definition) is 1. The molecule has 5 heteroatoms. The Morgan fingerprint density at radius 1 is 1.21 bits per heavy atom. The Bertz CT molecular complexity index is 752. The fourth-order valence-corrected chi connectivity index (χ4v) is 2.82. The highest BCUT2D eigenvalue weighted by molar-refractivity contribution is 7.13. The van der Waals surface area contributed by atoms with Crippen molar-refractivity contribution in [3.05, 3.63) is 35.2 Å². The van der Waals surface area contributed by atoms with Gasteiger partial charge in [0, 0.05) is 5.39 Å². The van der Waals surface area contributed by atoms with Gasteiger partial charge in [-0.25, -0.2) is 9.97 Å². The van der Waals surface area contributed by atoms with Gasteiger partial charge < -0.3 is 10.5 Å². The number of nitrogens with zero attached hydrogens (tertiary/aromatic N) is 2. The zero-order valence-corrected chi connectivity index (χ0v) is 11.5. The Labute approximate surface area is 114 Å². The molecule has 0 saturated carbocycles. The maximum atomic E-state index is 6.03. The fraction of sp³-hybridized carbons (Fsp3) is 0.143. The van der Waals surface area contributed by atoms with Crippen LogP contribution in [0.2, 0.25) is 0 Å². The minimum atomic E-state index is 0.478. The van der Waals surface area contributed by atoms with Crippen LogP contribution >= 0.6 is 11.3 Å². The largest absolute Gasteiger partial charge is 0.497 e. The van der Waals surface area contributed by atoms with E-state index in [4.69, 9.17) is 10.5 Å². The van der Waals surface area contributed by atoms with Crippen LogP contribution in [0, 0.1) is 6.92 Å². The highest BCUT2D eigenvalue weighted by Gasteiger charge is 2.11. The molecule has 2 heterocycles. The molecule has 0 bridgehead atoms. The molecule has 0 aliphatic carbocycles. The zero-order valence-electron chi connectivity index (χ0n) is 10.7. The van der Waals surface area contributed by atoms with Crippen molar-refractivity contribution >= 4 is 28.1 Å². The molecule has 2 aromatic heterocycles. The summed E-state index contributed by atoms with van der Waals surface area (Å²) in [6.45, 7) is 2.05. The molecule has 0 saturated heterocycles. The average molecular weight is 271 g/mol. The lowest BCUT2D eigenvalue weighted by Crippen LogP contribution is -1.98. The van der Waals surface area contributed by atoms with Crippen LogP contribution in [0.25, 0.3) is 21.6 Å². The Morgan fingerprint density at radius 3 is 2.74 bits per heavy atom. The van der Waals surface area contributed by atoms with Crippen LogP contribution in [0.3, 0.4) is 0 Å². The van der Waals surface area contributed by atoms with Gasteiger partial charge in [0.1, 0.15) is 11.6 Å². The zero-order chi connectivity index (χ0) is 13.4. The molecule has 0 fully saturated rings. The van der Waals surface area contributed by atoms with Crippen LogP contribution in [0.5, 0.6) is 5.75 Å². The molecule has 0 amide bonds. The quantitative estimate of drug-likeness (QED) is 0.777. The summed E-state index contributed by atoms with van der Waals surface area (Å²) in [7, 11) is 1.63. The van der Waals surface area contributed by atoms with Gasteiger partial charge in [-0.2, -0.15) is 0 Å². The van der Waals surface area contributed by atoms with Gasteiger partial charge >= 0.3 is 0 Å². The van der Waals surface area contributed by atoms with Crippen LogP contribution < -0.4 is 10.5 Å². The first-order valence-corrected chi connectivity index (χ1v) is 6.72. The molecule has 0 aliphatic rings. The van der Waals surface area contributed by atoms with Gasteiger partial charge in [0.15, 0.2) is 5.82 Å². The number of aryl methyl sites for hydroxylation is 1. The number of benzene rings is 1. The number of nitrogen functional groups attached to an aromatic ring is 1. The Balaban J connectivity index is 2.23. The van der Waals surface area contributed by atoms with E-state index in [0.717, 1.165) is 27.1 Å². The van der Waals surface area contributed by atoms with Crippen molar-refractivity contribution in [3.63, 3.8) is 0 Å². The summed E-state index contributed by atoms with van der Waals surface area (Å²) in [5.74, 6) is 1.91. The number of ether oxygens (including phenoxy) is 1. The molecule has 0 spiro atoms. The fourth-order valence-electron chi connectivity index (χ4n) is 1.96. The molecule has 3 rings (SSSR count). The van der Waals surface area contributed by atoms with Gasteiger partial charge in [-0.15, -0.1) is 11.3 Å². The molecule has 0 radical (unpaired) electrons. The maximum Gasteiger partial charge on any atom is 0.172 e. The summed E-state index contributed by atoms with van der Waals surface area (Å²) in [5, 5.41) is 2.85. The lowest BCUT2D eigenvalue weighted by atomic mass is 10.2. The minimum absolute atomic E-state index is 0.478. The summed E-state index contributed by atoms with van der Waals surface area (Å²) in [6.07, 6.45) is 0. The molecular formula is C14H13N3OS. The lowest BCUT2D eigenvalue weighted by molar-refractivity contribution is 0.415. The van der Waals surface area contributed by atoms with Crippen molar-refractivity contribution in [1.82, 2.24) is 9.97 Å². The first-order valence-electron chi connectivity index (χ1n) is 5.85. The first-order chi connectivity index (χ1) is 9.19. The monoisotopic (exact) mass is 271 g/mol. The van der Waals surface area contributed by atoms with Crippen LogP contribution in [-0.2, 0) is 0 Å². The summed E-state index contributed by atoms with van der Waals surface area (Å²) in [5.41, 5.74) is 8.03. The van der Waals surface area contributed by atoms with E-state index < -0.39 is 0 Å². The number of rotatable bonds is 2. The summed E-state index contributed by atoms with van der Waals surface area (Å²) in [6, 6.07) is 7.69. The highest BCUT2D eigenvalue weighted by atomic mass is 32.1. The van der Waals surface area contributed by atoms with Gasteiger partial charge in [0.05, 0.1) is 17.5 Å². The van der Waals surface area contributed by atoms with Gasteiger partial charge in [0.2, 0.25) is 0 Å². The number of methoxy groups -OCH3 is 1. The predicted molar refractivity (Wildman–Crippen MR) is 78.6 cm³/mol. The second kappa shape index (κ2) is 4.51. The lowest BCUT2D eigenvalue weighted by Gasteiger charge is -2.06. The van der Waals surface area contributed by atoms with Crippen LogP contribution in [0.1, 0.15) is 5.56 Å². The third-order valence-electron chi connectivity index (χ3n) is 3.00. The summed E-state index contributed by atoms with van der Waals surface area (Å²) < 4.78 is 5.19. The van der Waals surface area contributed by atoms with Crippen molar-refractivity contribution in [1.29, 1.82) is 0 Å². The number of nitrogens with two attached hydrogens (primary N) is 1. The Kier molecular flexibility index (Phi) is 2.83. The second-order valence-corrected chi connectivity index (χ2v) is 5.16. The third-order valence-corrected chi connectivity index (χ3v) is 4.01. The van der Waals surface area contributed by atoms with Crippen molar-refractivity contribution in [2.45, 2.75) is 6.92 Å². The van der Waals surface area contributed by atoms with Crippen molar-refractivity contribution in [3.8, 4) is 16.5 Å². The summed E-state index contributed by atoms with van der Waals surface area (Å²) in [4.78, 5) is 10.0. The third kappa shape index (κ3) is 2.02. The van der Waals surface area contributed by atoms with E-state index in [1.807, 2.05) is 30.5 Å². The molecule has 96 valence electrons. The van der Waals surface area contributed by atoms with Crippen LogP contribution in [0.4, 0.5) is 5.82 Å². The average Bonchev–Trinajstić information content (AvgIpc) is 2.84. The molecule has 2 N–H and O–H groups in total. The van der Waals surface area contributed by atoms with Crippen LogP contribution in [0.15, 0.2) is 29.6 Å². The van der Waals surface area contributed by atoms with E-state index in [2.05, 4.69) is 16.0 Å². The smallest absolute Gasteiger partial charge is 0.172 e. The molecule has 1 aromatic carbocycles.